The molecule has 1 aromatic heterocycles. The van der Waals surface area contributed by atoms with Crippen molar-refractivity contribution in [2.24, 2.45) is 0 Å². The monoisotopic (exact) mass is 430 g/mol. The van der Waals surface area contributed by atoms with Crippen molar-refractivity contribution in [1.29, 1.82) is 0 Å². The van der Waals surface area contributed by atoms with Crippen LogP contribution >= 0.6 is 11.6 Å². The van der Waals surface area contributed by atoms with E-state index in [1.165, 1.54) is 10.9 Å². The van der Waals surface area contributed by atoms with E-state index < -0.39 is 5.91 Å². The molecule has 6 nitrogen and oxygen atoms in total. The fourth-order valence-electron chi connectivity index (χ4n) is 3.06. The summed E-state index contributed by atoms with van der Waals surface area (Å²) in [7, 11) is 0. The average Bonchev–Trinajstić information content (AvgIpc) is 3.20. The molecular formula is C24H19ClN4O2. The van der Waals surface area contributed by atoms with Gasteiger partial charge in [-0.15, -0.1) is 0 Å². The zero-order chi connectivity index (χ0) is 21.8. The standard InChI is InChI=1S/C24H19ClN4O2/c1-16-11-13-17(14-12-16)27-24(31)20-15-26-29(18-7-3-2-4-8-18)22(20)28-23(30)19-9-5-6-10-21(19)25/h2-15H,1H3,(H,27,31)(H,28,30). The lowest BCUT2D eigenvalue weighted by Gasteiger charge is -2.12. The Balaban J connectivity index is 1.71. The maximum Gasteiger partial charge on any atom is 0.261 e. The van der Waals surface area contributed by atoms with Crippen molar-refractivity contribution in [2.45, 2.75) is 6.92 Å². The topological polar surface area (TPSA) is 76.0 Å². The minimum absolute atomic E-state index is 0.227. The van der Waals surface area contributed by atoms with Crippen molar-refractivity contribution in [3.8, 4) is 5.69 Å². The second-order valence-corrected chi connectivity index (χ2v) is 7.32. The van der Waals surface area contributed by atoms with Gasteiger partial charge in [0, 0.05) is 5.69 Å². The SMILES string of the molecule is Cc1ccc(NC(=O)c2cnn(-c3ccccc3)c2NC(=O)c2ccccc2Cl)cc1. The van der Waals surface area contributed by atoms with Crippen LogP contribution in [0.5, 0.6) is 0 Å². The number of anilines is 2. The van der Waals surface area contributed by atoms with E-state index in [4.69, 9.17) is 11.6 Å². The zero-order valence-electron chi connectivity index (χ0n) is 16.7. The second-order valence-electron chi connectivity index (χ2n) is 6.91. The number of amides is 2. The number of carbonyl (C=O) groups is 2. The molecule has 0 saturated heterocycles. The molecule has 4 rings (SSSR count). The molecule has 0 unspecified atom stereocenters. The summed E-state index contributed by atoms with van der Waals surface area (Å²) >= 11 is 6.18. The normalized spacial score (nSPS) is 10.5. The quantitative estimate of drug-likeness (QED) is 0.448. The predicted molar refractivity (Wildman–Crippen MR) is 122 cm³/mol. The van der Waals surface area contributed by atoms with E-state index in [9.17, 15) is 9.59 Å². The molecule has 0 spiro atoms. The van der Waals surface area contributed by atoms with Gasteiger partial charge in [0.05, 0.1) is 22.5 Å². The summed E-state index contributed by atoms with van der Waals surface area (Å²) in [6.45, 7) is 1.97. The van der Waals surface area contributed by atoms with Crippen LogP contribution in [0.2, 0.25) is 5.02 Å². The van der Waals surface area contributed by atoms with Gasteiger partial charge >= 0.3 is 0 Å². The van der Waals surface area contributed by atoms with Crippen molar-refractivity contribution in [3.05, 3.63) is 107 Å². The van der Waals surface area contributed by atoms with Crippen molar-refractivity contribution >= 4 is 34.9 Å². The largest absolute Gasteiger partial charge is 0.322 e. The van der Waals surface area contributed by atoms with E-state index in [1.807, 2.05) is 61.5 Å². The smallest absolute Gasteiger partial charge is 0.261 e. The number of aromatic nitrogens is 2. The first-order valence-electron chi connectivity index (χ1n) is 9.60. The van der Waals surface area contributed by atoms with Crippen LogP contribution in [0.15, 0.2) is 85.1 Å². The third-order valence-corrected chi connectivity index (χ3v) is 5.00. The molecule has 0 aliphatic heterocycles. The third kappa shape index (κ3) is 4.49. The fourth-order valence-corrected chi connectivity index (χ4v) is 3.28. The van der Waals surface area contributed by atoms with Gasteiger partial charge in [-0.25, -0.2) is 4.68 Å². The highest BCUT2D eigenvalue weighted by molar-refractivity contribution is 6.34. The van der Waals surface area contributed by atoms with Gasteiger partial charge in [0.2, 0.25) is 0 Å². The Bertz CT molecular complexity index is 1230. The molecule has 154 valence electrons. The Labute approximate surface area is 184 Å². The minimum Gasteiger partial charge on any atom is -0.322 e. The van der Waals surface area contributed by atoms with Crippen molar-refractivity contribution in [2.75, 3.05) is 10.6 Å². The maximum absolute atomic E-state index is 13.0. The highest BCUT2D eigenvalue weighted by atomic mass is 35.5. The van der Waals surface area contributed by atoms with Crippen molar-refractivity contribution in [3.63, 3.8) is 0 Å². The van der Waals surface area contributed by atoms with E-state index in [0.29, 0.717) is 22.0 Å². The number of nitrogens with one attached hydrogen (secondary N) is 2. The Hall–Kier alpha value is -3.90. The highest BCUT2D eigenvalue weighted by Crippen LogP contribution is 2.24. The number of carbonyl (C=O) groups excluding carboxylic acids is 2. The molecule has 31 heavy (non-hydrogen) atoms. The van der Waals surface area contributed by atoms with Crippen LogP contribution in [0, 0.1) is 6.92 Å². The van der Waals surface area contributed by atoms with Crippen LogP contribution in [-0.4, -0.2) is 21.6 Å². The van der Waals surface area contributed by atoms with Gasteiger partial charge in [0.15, 0.2) is 0 Å². The number of para-hydroxylation sites is 1. The molecule has 2 N–H and O–H groups in total. The van der Waals surface area contributed by atoms with Crippen LogP contribution in [0.4, 0.5) is 11.5 Å². The van der Waals surface area contributed by atoms with Crippen LogP contribution in [0.1, 0.15) is 26.3 Å². The highest BCUT2D eigenvalue weighted by Gasteiger charge is 2.22. The first kappa shape index (κ1) is 20.4. The molecule has 0 aliphatic carbocycles. The molecule has 1 heterocycles. The summed E-state index contributed by atoms with van der Waals surface area (Å²) in [5.41, 5.74) is 2.96. The Morgan fingerprint density at radius 2 is 1.45 bits per heavy atom. The molecule has 0 aliphatic rings. The van der Waals surface area contributed by atoms with Gasteiger partial charge < -0.3 is 10.6 Å². The Morgan fingerprint density at radius 3 is 2.16 bits per heavy atom. The number of hydrogen-bond acceptors (Lipinski definition) is 3. The van der Waals surface area contributed by atoms with Gasteiger partial charge in [-0.1, -0.05) is 59.6 Å². The second kappa shape index (κ2) is 8.85. The molecule has 0 fully saturated rings. The van der Waals surface area contributed by atoms with Crippen molar-refractivity contribution in [1.82, 2.24) is 9.78 Å². The molecular weight excluding hydrogens is 412 g/mol. The molecule has 7 heteroatoms. The van der Waals surface area contributed by atoms with E-state index >= 15 is 0 Å². The van der Waals surface area contributed by atoms with E-state index in [0.717, 1.165) is 5.56 Å². The Kier molecular flexibility index (Phi) is 5.82. The first-order valence-corrected chi connectivity index (χ1v) is 9.98. The number of halogens is 1. The first-order chi connectivity index (χ1) is 15.0. The van der Waals surface area contributed by atoms with E-state index in [-0.39, 0.29) is 17.3 Å². The van der Waals surface area contributed by atoms with Crippen LogP contribution in [0.25, 0.3) is 5.69 Å². The van der Waals surface area contributed by atoms with Crippen LogP contribution in [0.3, 0.4) is 0 Å². The molecule has 4 aromatic rings. The molecule has 2 amide bonds. The minimum atomic E-state index is -0.437. The summed E-state index contributed by atoms with van der Waals surface area (Å²) in [6.07, 6.45) is 1.43. The lowest BCUT2D eigenvalue weighted by atomic mass is 10.2. The number of nitrogens with zero attached hydrogens (tertiary/aromatic N) is 2. The van der Waals surface area contributed by atoms with Gasteiger partial charge in [-0.2, -0.15) is 5.10 Å². The van der Waals surface area contributed by atoms with Gasteiger partial charge in [0.1, 0.15) is 11.4 Å². The van der Waals surface area contributed by atoms with E-state index in [1.54, 1.807) is 24.3 Å². The summed E-state index contributed by atoms with van der Waals surface area (Å²) < 4.78 is 1.51. The summed E-state index contributed by atoms with van der Waals surface area (Å²) in [6, 6.07) is 23.4. The Morgan fingerprint density at radius 1 is 0.806 bits per heavy atom. The fraction of sp³-hybridized carbons (Fsp3) is 0.0417. The summed E-state index contributed by atoms with van der Waals surface area (Å²) in [5, 5.41) is 10.3. The number of benzene rings is 3. The van der Waals surface area contributed by atoms with Crippen molar-refractivity contribution < 1.29 is 9.59 Å². The van der Waals surface area contributed by atoms with Gasteiger partial charge in [-0.3, -0.25) is 9.59 Å². The van der Waals surface area contributed by atoms with Gasteiger partial charge in [0.25, 0.3) is 11.8 Å². The van der Waals surface area contributed by atoms with Crippen LogP contribution < -0.4 is 10.6 Å². The molecule has 0 atom stereocenters. The molecule has 3 aromatic carbocycles. The predicted octanol–water partition coefficient (Wildman–Crippen LogP) is 5.34. The van der Waals surface area contributed by atoms with E-state index in [2.05, 4.69) is 15.7 Å². The molecule has 0 saturated carbocycles. The summed E-state index contributed by atoms with van der Waals surface area (Å²) in [5.74, 6) is -0.575. The number of hydrogen-bond donors (Lipinski definition) is 2. The number of aryl methyl sites for hydroxylation is 1. The number of rotatable bonds is 5. The average molecular weight is 431 g/mol. The zero-order valence-corrected chi connectivity index (χ0v) is 17.4. The van der Waals surface area contributed by atoms with Crippen LogP contribution in [-0.2, 0) is 0 Å². The maximum atomic E-state index is 13.0. The van der Waals surface area contributed by atoms with Gasteiger partial charge in [-0.05, 0) is 43.3 Å². The molecule has 0 bridgehead atoms. The third-order valence-electron chi connectivity index (χ3n) is 4.67. The lowest BCUT2D eigenvalue weighted by Crippen LogP contribution is -2.20. The summed E-state index contributed by atoms with van der Waals surface area (Å²) in [4.78, 5) is 25.9. The lowest BCUT2D eigenvalue weighted by molar-refractivity contribution is 0.102. The molecule has 0 radical (unpaired) electrons.